The normalized spacial score (nSPS) is 12.4. The van der Waals surface area contributed by atoms with E-state index in [2.05, 4.69) is 20.8 Å². The van der Waals surface area contributed by atoms with Crippen LogP contribution in [0.1, 0.15) is 52.9 Å². The first-order valence-electron chi connectivity index (χ1n) is 5.71. The minimum absolute atomic E-state index is 0.102. The van der Waals surface area contributed by atoms with E-state index in [-0.39, 0.29) is 19.1 Å². The lowest BCUT2D eigenvalue weighted by Gasteiger charge is -2.17. The van der Waals surface area contributed by atoms with Gasteiger partial charge in [0.1, 0.15) is 0 Å². The first kappa shape index (κ1) is 13.9. The van der Waals surface area contributed by atoms with E-state index in [0.29, 0.717) is 5.41 Å². The van der Waals surface area contributed by atoms with Gasteiger partial charge in [-0.25, -0.2) is 0 Å². The Morgan fingerprint density at radius 2 is 1.50 bits per heavy atom. The number of rotatable bonds is 7. The fourth-order valence-electron chi connectivity index (χ4n) is 1.51. The molecular formula is C12H26O2. The zero-order chi connectivity index (χ0) is 11.0. The predicted molar refractivity (Wildman–Crippen MR) is 60.2 cm³/mol. The van der Waals surface area contributed by atoms with Gasteiger partial charge in [-0.1, -0.05) is 40.0 Å². The fourth-order valence-corrected chi connectivity index (χ4v) is 1.51. The number of hydrogen-bond donors (Lipinski definition) is 2. The SMILES string of the molecule is CC(C)(C)CCCCCC(CO)CO. The largest absolute Gasteiger partial charge is 0.396 e. The molecule has 0 atom stereocenters. The van der Waals surface area contributed by atoms with E-state index in [4.69, 9.17) is 10.2 Å². The quantitative estimate of drug-likeness (QED) is 0.623. The fraction of sp³-hybridized carbons (Fsp3) is 1.00. The van der Waals surface area contributed by atoms with Crippen LogP contribution in [0.2, 0.25) is 0 Å². The molecular weight excluding hydrogens is 176 g/mol. The number of aliphatic hydroxyl groups excluding tert-OH is 2. The van der Waals surface area contributed by atoms with Crippen LogP contribution in [0.3, 0.4) is 0 Å². The lowest BCUT2D eigenvalue weighted by molar-refractivity contribution is 0.141. The van der Waals surface area contributed by atoms with Gasteiger partial charge in [-0.05, 0) is 18.3 Å². The van der Waals surface area contributed by atoms with Crippen LogP contribution in [0, 0.1) is 11.3 Å². The monoisotopic (exact) mass is 202 g/mol. The van der Waals surface area contributed by atoms with Gasteiger partial charge in [0.15, 0.2) is 0 Å². The Hall–Kier alpha value is -0.0800. The van der Waals surface area contributed by atoms with Gasteiger partial charge in [-0.2, -0.15) is 0 Å². The van der Waals surface area contributed by atoms with E-state index >= 15 is 0 Å². The van der Waals surface area contributed by atoms with E-state index < -0.39 is 0 Å². The maximum Gasteiger partial charge on any atom is 0.0481 e. The van der Waals surface area contributed by atoms with Crippen LogP contribution in [0.5, 0.6) is 0 Å². The van der Waals surface area contributed by atoms with Crippen molar-refractivity contribution in [1.29, 1.82) is 0 Å². The zero-order valence-electron chi connectivity index (χ0n) is 9.92. The summed E-state index contributed by atoms with van der Waals surface area (Å²) in [6.45, 7) is 7.03. The molecule has 0 amide bonds. The molecule has 0 aliphatic rings. The average molecular weight is 202 g/mol. The Morgan fingerprint density at radius 3 is 1.93 bits per heavy atom. The summed E-state index contributed by atoms with van der Waals surface area (Å²) in [7, 11) is 0. The lowest BCUT2D eigenvalue weighted by atomic mass is 9.89. The summed E-state index contributed by atoms with van der Waals surface area (Å²) in [6.07, 6.45) is 5.82. The van der Waals surface area contributed by atoms with Crippen LogP contribution in [-0.2, 0) is 0 Å². The van der Waals surface area contributed by atoms with E-state index in [9.17, 15) is 0 Å². The number of aliphatic hydroxyl groups is 2. The standard InChI is InChI=1S/C12H26O2/c1-12(2,3)8-6-4-5-7-11(9-13)10-14/h11,13-14H,4-10H2,1-3H3. The molecule has 0 aromatic heterocycles. The highest BCUT2D eigenvalue weighted by Gasteiger charge is 2.09. The average Bonchev–Trinajstić information content (AvgIpc) is 2.09. The molecule has 2 nitrogen and oxygen atoms in total. The van der Waals surface area contributed by atoms with Gasteiger partial charge in [0.05, 0.1) is 0 Å². The van der Waals surface area contributed by atoms with E-state index in [0.717, 1.165) is 12.8 Å². The third kappa shape index (κ3) is 8.52. The van der Waals surface area contributed by atoms with Crippen molar-refractivity contribution in [2.24, 2.45) is 11.3 Å². The van der Waals surface area contributed by atoms with Crippen molar-refractivity contribution in [1.82, 2.24) is 0 Å². The van der Waals surface area contributed by atoms with Crippen LogP contribution in [0.25, 0.3) is 0 Å². The second-order valence-electron chi connectivity index (χ2n) is 5.39. The highest BCUT2D eigenvalue weighted by atomic mass is 16.3. The highest BCUT2D eigenvalue weighted by molar-refractivity contribution is 4.62. The summed E-state index contributed by atoms with van der Waals surface area (Å²) in [5.74, 6) is 0.102. The van der Waals surface area contributed by atoms with Crippen LogP contribution in [-0.4, -0.2) is 23.4 Å². The van der Waals surface area contributed by atoms with Crippen molar-refractivity contribution in [3.05, 3.63) is 0 Å². The second kappa shape index (κ2) is 7.24. The van der Waals surface area contributed by atoms with Crippen molar-refractivity contribution in [3.8, 4) is 0 Å². The molecule has 2 heteroatoms. The maximum absolute atomic E-state index is 8.85. The Balaban J connectivity index is 3.29. The summed E-state index contributed by atoms with van der Waals surface area (Å²) in [4.78, 5) is 0. The third-order valence-electron chi connectivity index (χ3n) is 2.56. The summed E-state index contributed by atoms with van der Waals surface area (Å²) < 4.78 is 0. The molecule has 0 saturated heterocycles. The first-order chi connectivity index (χ1) is 6.49. The summed E-state index contributed by atoms with van der Waals surface area (Å²) in [5.41, 5.74) is 0.438. The Kier molecular flexibility index (Phi) is 7.20. The number of unbranched alkanes of at least 4 members (excludes halogenated alkanes) is 2. The minimum Gasteiger partial charge on any atom is -0.396 e. The molecule has 0 aromatic carbocycles. The first-order valence-corrected chi connectivity index (χ1v) is 5.71. The van der Waals surface area contributed by atoms with E-state index in [1.54, 1.807) is 0 Å². The molecule has 0 heterocycles. The Morgan fingerprint density at radius 1 is 0.929 bits per heavy atom. The summed E-state index contributed by atoms with van der Waals surface area (Å²) >= 11 is 0. The van der Waals surface area contributed by atoms with E-state index in [1.165, 1.54) is 19.3 Å². The van der Waals surface area contributed by atoms with Crippen LogP contribution in [0.4, 0.5) is 0 Å². The van der Waals surface area contributed by atoms with Crippen LogP contribution < -0.4 is 0 Å². The molecule has 2 N–H and O–H groups in total. The summed E-state index contributed by atoms with van der Waals surface area (Å²) in [5, 5.41) is 17.7. The highest BCUT2D eigenvalue weighted by Crippen LogP contribution is 2.22. The Labute approximate surface area is 88.3 Å². The van der Waals surface area contributed by atoms with Gasteiger partial charge in [0.25, 0.3) is 0 Å². The molecule has 0 saturated carbocycles. The minimum atomic E-state index is 0.102. The molecule has 0 bridgehead atoms. The van der Waals surface area contributed by atoms with Gasteiger partial charge in [0, 0.05) is 19.1 Å². The van der Waals surface area contributed by atoms with Crippen molar-refractivity contribution >= 4 is 0 Å². The van der Waals surface area contributed by atoms with E-state index in [1.807, 2.05) is 0 Å². The van der Waals surface area contributed by atoms with Gasteiger partial charge < -0.3 is 10.2 Å². The molecule has 14 heavy (non-hydrogen) atoms. The number of hydrogen-bond acceptors (Lipinski definition) is 2. The van der Waals surface area contributed by atoms with Crippen LogP contribution >= 0.6 is 0 Å². The topological polar surface area (TPSA) is 40.5 Å². The second-order valence-corrected chi connectivity index (χ2v) is 5.39. The molecule has 0 aromatic rings. The third-order valence-corrected chi connectivity index (χ3v) is 2.56. The van der Waals surface area contributed by atoms with Crippen molar-refractivity contribution in [3.63, 3.8) is 0 Å². The molecule has 0 spiro atoms. The maximum atomic E-state index is 8.85. The van der Waals surface area contributed by atoms with Crippen molar-refractivity contribution in [2.75, 3.05) is 13.2 Å². The Bertz CT molecular complexity index is 123. The van der Waals surface area contributed by atoms with Gasteiger partial charge in [-0.15, -0.1) is 0 Å². The van der Waals surface area contributed by atoms with Crippen molar-refractivity contribution in [2.45, 2.75) is 52.9 Å². The summed E-state index contributed by atoms with van der Waals surface area (Å²) in [6, 6.07) is 0. The predicted octanol–water partition coefficient (Wildman–Crippen LogP) is 2.58. The molecule has 0 fully saturated rings. The van der Waals surface area contributed by atoms with Gasteiger partial charge in [0.2, 0.25) is 0 Å². The van der Waals surface area contributed by atoms with Gasteiger partial charge in [-0.3, -0.25) is 0 Å². The molecule has 0 radical (unpaired) electrons. The van der Waals surface area contributed by atoms with Gasteiger partial charge >= 0.3 is 0 Å². The van der Waals surface area contributed by atoms with Crippen molar-refractivity contribution < 1.29 is 10.2 Å². The zero-order valence-corrected chi connectivity index (χ0v) is 9.92. The smallest absolute Gasteiger partial charge is 0.0481 e. The lowest BCUT2D eigenvalue weighted by Crippen LogP contribution is -2.10. The van der Waals surface area contributed by atoms with Crippen LogP contribution in [0.15, 0.2) is 0 Å². The molecule has 0 aliphatic carbocycles. The molecule has 0 unspecified atom stereocenters. The molecule has 86 valence electrons. The molecule has 0 rings (SSSR count). The molecule has 0 aliphatic heterocycles.